The van der Waals surface area contributed by atoms with Crippen molar-refractivity contribution in [3.8, 4) is 82.9 Å². The summed E-state index contributed by atoms with van der Waals surface area (Å²) in [4.78, 5) is 96.5. The van der Waals surface area contributed by atoms with Crippen LogP contribution in [0.2, 0.25) is 0 Å². The van der Waals surface area contributed by atoms with Gasteiger partial charge in [-0.25, -0.2) is 33.6 Å². The van der Waals surface area contributed by atoms with Gasteiger partial charge in [0.25, 0.3) is 0 Å². The van der Waals surface area contributed by atoms with E-state index in [0.29, 0.717) is 123 Å². The third kappa shape index (κ3) is 25.6. The molecule has 0 heterocycles. The monoisotopic (exact) mass is 1400 g/mol. The smallest absolute Gasteiger partial charge is 0.338 e. The zero-order valence-electron chi connectivity index (χ0n) is 60.7. The van der Waals surface area contributed by atoms with Gasteiger partial charge in [-0.3, -0.25) is 0 Å². The van der Waals surface area contributed by atoms with Crippen LogP contribution in [0.25, 0.3) is 0 Å². The Morgan fingerprint density at radius 2 is 0.276 bits per heavy atom. The number of benzene rings is 7. The molecule has 1 aliphatic rings. The summed E-state index contributed by atoms with van der Waals surface area (Å²) in [7, 11) is 0. The van der Waals surface area contributed by atoms with E-state index in [2.05, 4.69) is 82.9 Å². The van der Waals surface area contributed by atoms with Gasteiger partial charge in [0.05, 0.1) is 85.2 Å². The first-order valence-electron chi connectivity index (χ1n) is 36.0. The van der Waals surface area contributed by atoms with Crippen LogP contribution in [-0.4, -0.2) is 88.0 Å². The molecular formula is C91H84O14. The minimum Gasteiger partial charge on any atom is -0.462 e. The fourth-order valence-corrected chi connectivity index (χ4v) is 9.99. The van der Waals surface area contributed by atoms with Crippen LogP contribution in [0.4, 0.5) is 0 Å². The summed E-state index contributed by atoms with van der Waals surface area (Å²) >= 11 is 0. The van der Waals surface area contributed by atoms with Crippen LogP contribution in [0, 0.1) is 82.9 Å². The molecule has 14 bridgehead atoms. The molecule has 0 atom stereocenters. The zero-order chi connectivity index (χ0) is 74.7. The van der Waals surface area contributed by atoms with Gasteiger partial charge in [0.1, 0.15) is 0 Å². The van der Waals surface area contributed by atoms with Crippen LogP contribution < -0.4 is 0 Å². The minimum absolute atomic E-state index is 0.178. The third-order valence-electron chi connectivity index (χ3n) is 15.8. The van der Waals surface area contributed by atoms with Crippen molar-refractivity contribution in [2.75, 3.05) is 46.2 Å². The van der Waals surface area contributed by atoms with E-state index in [9.17, 15) is 33.6 Å². The molecule has 7 aromatic carbocycles. The average Bonchev–Trinajstić information content (AvgIpc) is 0.841. The summed E-state index contributed by atoms with van der Waals surface area (Å²) in [6.45, 7) is 15.2. The predicted molar refractivity (Wildman–Crippen MR) is 403 cm³/mol. The Bertz CT molecular complexity index is 3820. The van der Waals surface area contributed by atoms with Gasteiger partial charge in [0.2, 0.25) is 0 Å². The van der Waals surface area contributed by atoms with Gasteiger partial charge in [0.15, 0.2) is 0 Å². The van der Waals surface area contributed by atoms with Gasteiger partial charge in [-0.05, 0) is 172 Å². The van der Waals surface area contributed by atoms with E-state index in [1.807, 2.05) is 48.5 Å². The van der Waals surface area contributed by atoms with Crippen LogP contribution in [-0.2, 0) is 33.2 Å². The Balaban J connectivity index is 1.40. The SMILES string of the molecule is CCCCOC(=O)c1cc2cc(c1)C#Cc1cc(cc(C(=O)OCCCC)c1)C#Cc1cc(cc(C(=O)OCCCC)c1)C#Cc1cc(cc(C(=O)OCCCC)c1)C#Cc1cc(cc(C(=O)OCCCC)c1)C#Cc1cc(cc(C(=O)OCCCC)c1)C#Cc1cc(cc(C(=O)OCCCC)c1)C#C2. The summed E-state index contributed by atoms with van der Waals surface area (Å²) < 4.78 is 39.8. The molecule has 105 heavy (non-hydrogen) atoms. The van der Waals surface area contributed by atoms with Crippen molar-refractivity contribution in [1.29, 1.82) is 0 Å². The first-order valence-corrected chi connectivity index (χ1v) is 36.0. The first kappa shape index (κ1) is 78.5. The number of carbonyl (C=O) groups excluding carboxylic acids is 7. The van der Waals surface area contributed by atoms with E-state index >= 15 is 0 Å². The molecular weight excluding hydrogens is 1320 g/mol. The molecule has 532 valence electrons. The normalized spacial score (nSPS) is 10.7. The van der Waals surface area contributed by atoms with E-state index in [1.165, 1.54) is 0 Å². The van der Waals surface area contributed by atoms with Crippen LogP contribution in [0.3, 0.4) is 0 Å². The molecule has 0 aliphatic heterocycles. The molecule has 14 nitrogen and oxygen atoms in total. The molecule has 0 N–H and O–H groups in total. The van der Waals surface area contributed by atoms with Crippen LogP contribution in [0.15, 0.2) is 127 Å². The van der Waals surface area contributed by atoms with E-state index < -0.39 is 41.8 Å². The second-order valence-corrected chi connectivity index (χ2v) is 24.8. The lowest BCUT2D eigenvalue weighted by molar-refractivity contribution is 0.0490. The van der Waals surface area contributed by atoms with Crippen molar-refractivity contribution >= 4 is 41.8 Å². The number of fused-ring (bicyclic) bond motifs is 14. The highest BCUT2D eigenvalue weighted by Crippen LogP contribution is 2.21. The maximum Gasteiger partial charge on any atom is 0.338 e. The van der Waals surface area contributed by atoms with E-state index in [0.717, 1.165) is 44.9 Å². The van der Waals surface area contributed by atoms with E-state index in [-0.39, 0.29) is 85.2 Å². The summed E-state index contributed by atoms with van der Waals surface area (Å²) in [6, 6.07) is 34.3. The molecule has 8 rings (SSSR count). The maximum atomic E-state index is 13.8. The Labute approximate surface area is 617 Å². The van der Waals surface area contributed by atoms with Gasteiger partial charge in [-0.1, -0.05) is 176 Å². The fourth-order valence-electron chi connectivity index (χ4n) is 9.99. The van der Waals surface area contributed by atoms with Crippen molar-refractivity contribution in [1.82, 2.24) is 0 Å². The maximum absolute atomic E-state index is 13.8. The Kier molecular flexibility index (Phi) is 31.1. The van der Waals surface area contributed by atoms with Crippen molar-refractivity contribution in [3.05, 3.63) is 244 Å². The quantitative estimate of drug-likeness (QED) is 0.0195. The van der Waals surface area contributed by atoms with Crippen molar-refractivity contribution in [3.63, 3.8) is 0 Å². The Morgan fingerprint density at radius 1 is 0.181 bits per heavy atom. The highest BCUT2D eigenvalue weighted by molar-refractivity contribution is 5.95. The standard InChI is InChI=1S/C91H84O14/c1-8-15-36-99-85(92)78-50-64-22-24-66-44-68(54-79(52-66)86(93)100-37-16-9-2)26-28-70-46-72(58-81(56-70)88(95)102-39-18-11-4)30-32-74-48-76(62-83(60-74)90(97)104-41-20-13-6)34-35-77-49-75(61-84(63-77)91(98)105-42-21-14-7)33-31-73-47-71(57-82(59-73)89(96)103-40-19-12-5)29-27-69-45-67(25-23-65(43-64)51-78)53-80(55-69)87(94)101-38-17-10-3/h43-63H,8-21,36-42H2,1-7H3. The summed E-state index contributed by atoms with van der Waals surface area (Å²) in [5.74, 6) is 40.3. The van der Waals surface area contributed by atoms with Crippen molar-refractivity contribution in [2.24, 2.45) is 0 Å². The number of hydrogen-bond donors (Lipinski definition) is 0. The zero-order valence-corrected chi connectivity index (χ0v) is 60.7. The summed E-state index contributed by atoms with van der Waals surface area (Å²) in [5.41, 5.74) is 6.50. The molecule has 0 spiro atoms. The number of unbranched alkanes of at least 4 members (excludes halogenated alkanes) is 7. The molecule has 0 unspecified atom stereocenters. The van der Waals surface area contributed by atoms with Gasteiger partial charge in [0, 0.05) is 77.9 Å². The average molecular weight is 1400 g/mol. The van der Waals surface area contributed by atoms with E-state index in [1.54, 1.807) is 127 Å². The number of carbonyl (C=O) groups is 7. The number of esters is 7. The molecule has 0 fully saturated rings. The van der Waals surface area contributed by atoms with E-state index in [4.69, 9.17) is 33.2 Å². The molecule has 1 aliphatic carbocycles. The van der Waals surface area contributed by atoms with Crippen LogP contribution in [0.5, 0.6) is 0 Å². The topological polar surface area (TPSA) is 184 Å². The molecule has 0 saturated heterocycles. The second kappa shape index (κ2) is 41.6. The lowest BCUT2D eigenvalue weighted by atomic mass is 10.0. The minimum atomic E-state index is -0.593. The molecule has 0 saturated carbocycles. The first-order chi connectivity index (χ1) is 51.0. The number of rotatable bonds is 28. The number of ether oxygens (including phenoxy) is 7. The van der Waals surface area contributed by atoms with Crippen LogP contribution in [0.1, 0.15) is 289 Å². The summed E-state index contributed by atoms with van der Waals surface area (Å²) in [6.07, 6.45) is 10.0. The van der Waals surface area contributed by atoms with Crippen LogP contribution >= 0.6 is 0 Å². The predicted octanol–water partition coefficient (Wildman–Crippen LogP) is 16.5. The highest BCUT2D eigenvalue weighted by Gasteiger charge is 2.18. The third-order valence-corrected chi connectivity index (χ3v) is 15.8. The highest BCUT2D eigenvalue weighted by atomic mass is 16.6. The largest absolute Gasteiger partial charge is 0.462 e. The molecule has 0 amide bonds. The Morgan fingerprint density at radius 3 is 0.362 bits per heavy atom. The van der Waals surface area contributed by atoms with Gasteiger partial charge < -0.3 is 33.2 Å². The number of hydrogen-bond acceptors (Lipinski definition) is 14. The fraction of sp³-hybridized carbons (Fsp3) is 0.308. The molecule has 7 aromatic rings. The van der Waals surface area contributed by atoms with Gasteiger partial charge >= 0.3 is 41.8 Å². The lowest BCUT2D eigenvalue weighted by Gasteiger charge is -2.07. The molecule has 0 aromatic heterocycles. The lowest BCUT2D eigenvalue weighted by Crippen LogP contribution is -2.07. The van der Waals surface area contributed by atoms with Gasteiger partial charge in [-0.2, -0.15) is 0 Å². The molecule has 0 radical (unpaired) electrons. The summed E-state index contributed by atoms with van der Waals surface area (Å²) in [5, 5.41) is 0. The Hall–Kier alpha value is -12.3. The van der Waals surface area contributed by atoms with Gasteiger partial charge in [-0.15, -0.1) is 0 Å². The molecule has 14 heteroatoms. The van der Waals surface area contributed by atoms with Crippen molar-refractivity contribution in [2.45, 2.75) is 138 Å². The second-order valence-electron chi connectivity index (χ2n) is 24.8. The van der Waals surface area contributed by atoms with Crippen molar-refractivity contribution < 1.29 is 66.7 Å².